The zero-order valence-corrected chi connectivity index (χ0v) is 10.0. The fourth-order valence-corrected chi connectivity index (χ4v) is 1.57. The van der Waals surface area contributed by atoms with Crippen LogP contribution in [0.4, 0.5) is 4.39 Å². The van der Waals surface area contributed by atoms with Crippen LogP contribution in [0.2, 0.25) is 5.02 Å². The fraction of sp³-hybridized carbons (Fsp3) is 0.0769. The van der Waals surface area contributed by atoms with Crippen molar-refractivity contribution in [1.82, 2.24) is 4.98 Å². The summed E-state index contributed by atoms with van der Waals surface area (Å²) in [7, 11) is 0. The largest absolute Gasteiger partial charge is 0.484 e. The number of para-hydroxylation sites is 1. The summed E-state index contributed by atoms with van der Waals surface area (Å²) in [6.45, 7) is -0.285. The molecule has 2 rings (SSSR count). The third-order valence-corrected chi connectivity index (χ3v) is 2.57. The molecule has 0 aliphatic carbocycles. The predicted octanol–water partition coefficient (Wildman–Crippen LogP) is 3.14. The van der Waals surface area contributed by atoms with Gasteiger partial charge in [0.15, 0.2) is 6.61 Å². The Kier molecular flexibility index (Phi) is 3.89. The highest BCUT2D eigenvalue weighted by molar-refractivity contribution is 6.32. The Morgan fingerprint density at radius 1 is 1.28 bits per heavy atom. The molecule has 0 N–H and O–H groups in total. The smallest absolute Gasteiger partial charge is 0.223 e. The first-order valence-corrected chi connectivity index (χ1v) is 5.57. The number of ketones is 1. The number of nitrogens with zero attached hydrogens (tertiary/aromatic N) is 1. The second-order valence-corrected chi connectivity index (χ2v) is 3.89. The van der Waals surface area contributed by atoms with Gasteiger partial charge in [0.2, 0.25) is 11.7 Å². The normalized spacial score (nSPS) is 10.1. The molecule has 0 radical (unpaired) electrons. The lowest BCUT2D eigenvalue weighted by Crippen LogP contribution is -2.14. The van der Waals surface area contributed by atoms with Crippen molar-refractivity contribution < 1.29 is 13.9 Å². The van der Waals surface area contributed by atoms with Crippen LogP contribution in [0.25, 0.3) is 0 Å². The summed E-state index contributed by atoms with van der Waals surface area (Å²) in [5.41, 5.74) is -0.0930. The van der Waals surface area contributed by atoms with E-state index in [1.165, 1.54) is 18.3 Å². The molecule has 0 aliphatic rings. The highest BCUT2D eigenvalue weighted by Gasteiger charge is 2.13. The van der Waals surface area contributed by atoms with E-state index in [1.54, 1.807) is 24.3 Å². The van der Waals surface area contributed by atoms with Gasteiger partial charge in [-0.25, -0.2) is 4.98 Å². The molecule has 0 saturated heterocycles. The molecule has 0 unspecified atom stereocenters. The van der Waals surface area contributed by atoms with E-state index in [4.69, 9.17) is 16.3 Å². The van der Waals surface area contributed by atoms with Crippen molar-refractivity contribution in [1.29, 1.82) is 0 Å². The highest BCUT2D eigenvalue weighted by Crippen LogP contribution is 2.23. The van der Waals surface area contributed by atoms with Gasteiger partial charge in [-0.2, -0.15) is 4.39 Å². The average Bonchev–Trinajstić information content (AvgIpc) is 2.38. The molecule has 0 fully saturated rings. The quantitative estimate of drug-likeness (QED) is 0.630. The maximum Gasteiger partial charge on any atom is 0.223 e. The van der Waals surface area contributed by atoms with Gasteiger partial charge in [0.25, 0.3) is 0 Å². The number of rotatable bonds is 4. The molecular weight excluding hydrogens is 257 g/mol. The minimum Gasteiger partial charge on any atom is -0.484 e. The van der Waals surface area contributed by atoms with Crippen LogP contribution in [0.3, 0.4) is 0 Å². The summed E-state index contributed by atoms with van der Waals surface area (Å²) in [5.74, 6) is -0.900. The second-order valence-electron chi connectivity index (χ2n) is 3.48. The Bertz CT molecular complexity index is 574. The van der Waals surface area contributed by atoms with Gasteiger partial charge in [-0.1, -0.05) is 23.7 Å². The molecule has 1 heterocycles. The van der Waals surface area contributed by atoms with Crippen molar-refractivity contribution in [3.63, 3.8) is 0 Å². The SMILES string of the molecule is O=C(COc1ccccc1Cl)c1cccnc1F. The number of hydrogen-bond donors (Lipinski definition) is 0. The molecule has 3 nitrogen and oxygen atoms in total. The lowest BCUT2D eigenvalue weighted by atomic mass is 10.2. The molecule has 0 saturated carbocycles. The van der Waals surface area contributed by atoms with Crippen molar-refractivity contribution in [2.45, 2.75) is 0 Å². The number of halogens is 2. The summed E-state index contributed by atoms with van der Waals surface area (Å²) in [4.78, 5) is 15.1. The van der Waals surface area contributed by atoms with Crippen molar-refractivity contribution in [2.75, 3.05) is 6.61 Å². The molecule has 2 aromatic rings. The van der Waals surface area contributed by atoms with Crippen LogP contribution in [0.15, 0.2) is 42.6 Å². The van der Waals surface area contributed by atoms with Gasteiger partial charge in [0.1, 0.15) is 5.75 Å². The van der Waals surface area contributed by atoms with Crippen molar-refractivity contribution in [2.24, 2.45) is 0 Å². The maximum absolute atomic E-state index is 13.2. The van der Waals surface area contributed by atoms with Gasteiger partial charge in [-0.15, -0.1) is 0 Å². The van der Waals surface area contributed by atoms with E-state index in [0.29, 0.717) is 10.8 Å². The minimum absolute atomic E-state index is 0.0930. The molecule has 1 aromatic heterocycles. The molecule has 0 amide bonds. The average molecular weight is 266 g/mol. The number of hydrogen-bond acceptors (Lipinski definition) is 3. The van der Waals surface area contributed by atoms with Crippen LogP contribution < -0.4 is 4.74 Å². The number of carbonyl (C=O) groups is 1. The third kappa shape index (κ3) is 2.84. The van der Waals surface area contributed by atoms with Gasteiger partial charge < -0.3 is 4.74 Å². The molecule has 5 heteroatoms. The zero-order chi connectivity index (χ0) is 13.0. The summed E-state index contributed by atoms with van der Waals surface area (Å²) in [6.07, 6.45) is 1.28. The monoisotopic (exact) mass is 265 g/mol. The van der Waals surface area contributed by atoms with Gasteiger partial charge in [-0.3, -0.25) is 4.79 Å². The topological polar surface area (TPSA) is 39.2 Å². The number of carbonyl (C=O) groups excluding carboxylic acids is 1. The van der Waals surface area contributed by atoms with Crippen LogP contribution in [0.5, 0.6) is 5.75 Å². The predicted molar refractivity (Wildman–Crippen MR) is 65.5 cm³/mol. The van der Waals surface area contributed by atoms with Crippen LogP contribution in [0.1, 0.15) is 10.4 Å². The Labute approximate surface area is 108 Å². The van der Waals surface area contributed by atoms with Gasteiger partial charge in [-0.05, 0) is 24.3 Å². The third-order valence-electron chi connectivity index (χ3n) is 2.25. The fourth-order valence-electron chi connectivity index (χ4n) is 1.38. The van der Waals surface area contributed by atoms with E-state index in [0.717, 1.165) is 0 Å². The second kappa shape index (κ2) is 5.60. The Balaban J connectivity index is 2.06. The lowest BCUT2D eigenvalue weighted by molar-refractivity contribution is 0.0916. The number of Topliss-reactive ketones (excluding diaryl/α,β-unsaturated/α-hetero) is 1. The number of benzene rings is 1. The van der Waals surface area contributed by atoms with Crippen molar-refractivity contribution >= 4 is 17.4 Å². The summed E-state index contributed by atoms with van der Waals surface area (Å²) < 4.78 is 18.5. The van der Waals surface area contributed by atoms with Crippen molar-refractivity contribution in [3.8, 4) is 5.75 Å². The van der Waals surface area contributed by atoms with Crippen molar-refractivity contribution in [3.05, 3.63) is 59.1 Å². The van der Waals surface area contributed by atoms with Crippen LogP contribution in [-0.2, 0) is 0 Å². The summed E-state index contributed by atoms with van der Waals surface area (Å²) in [5, 5.41) is 0.400. The Morgan fingerprint density at radius 2 is 2.06 bits per heavy atom. The van der Waals surface area contributed by atoms with E-state index < -0.39 is 11.7 Å². The van der Waals surface area contributed by atoms with E-state index in [1.807, 2.05) is 0 Å². The number of aromatic nitrogens is 1. The Morgan fingerprint density at radius 3 is 2.78 bits per heavy atom. The molecular formula is C13H9ClFNO2. The minimum atomic E-state index is -0.801. The standard InChI is InChI=1S/C13H9ClFNO2/c14-10-5-1-2-6-12(10)18-8-11(17)9-4-3-7-16-13(9)15/h1-7H,8H2. The van der Waals surface area contributed by atoms with E-state index >= 15 is 0 Å². The van der Waals surface area contributed by atoms with E-state index in [2.05, 4.69) is 4.98 Å². The van der Waals surface area contributed by atoms with E-state index in [-0.39, 0.29) is 12.2 Å². The highest BCUT2D eigenvalue weighted by atomic mass is 35.5. The lowest BCUT2D eigenvalue weighted by Gasteiger charge is -2.07. The molecule has 0 bridgehead atoms. The number of pyridine rings is 1. The van der Waals surface area contributed by atoms with Gasteiger partial charge in [0.05, 0.1) is 10.6 Å². The summed E-state index contributed by atoms with van der Waals surface area (Å²) in [6, 6.07) is 9.61. The van der Waals surface area contributed by atoms with Crippen LogP contribution >= 0.6 is 11.6 Å². The molecule has 1 aromatic carbocycles. The molecule has 92 valence electrons. The molecule has 0 spiro atoms. The molecule has 0 aliphatic heterocycles. The van der Waals surface area contributed by atoms with Crippen LogP contribution in [0, 0.1) is 5.95 Å². The maximum atomic E-state index is 13.2. The van der Waals surface area contributed by atoms with E-state index in [9.17, 15) is 9.18 Å². The van der Waals surface area contributed by atoms with Gasteiger partial charge in [0, 0.05) is 6.20 Å². The first-order valence-electron chi connectivity index (χ1n) is 5.19. The first-order chi connectivity index (χ1) is 8.68. The first kappa shape index (κ1) is 12.5. The Hall–Kier alpha value is -1.94. The summed E-state index contributed by atoms with van der Waals surface area (Å²) >= 11 is 5.86. The molecule has 18 heavy (non-hydrogen) atoms. The molecule has 0 atom stereocenters. The van der Waals surface area contributed by atoms with Crippen LogP contribution in [-0.4, -0.2) is 17.4 Å². The van der Waals surface area contributed by atoms with Gasteiger partial charge >= 0.3 is 0 Å². The zero-order valence-electron chi connectivity index (χ0n) is 9.27. The number of ether oxygens (including phenoxy) is 1.